The molecule has 1 aliphatic rings. The molecule has 0 radical (unpaired) electrons. The summed E-state index contributed by atoms with van der Waals surface area (Å²) in [5.41, 5.74) is 1.07. The minimum absolute atomic E-state index is 0.163. The minimum Gasteiger partial charge on any atom is -0.456 e. The summed E-state index contributed by atoms with van der Waals surface area (Å²) >= 11 is 0. The Kier molecular flexibility index (Phi) is 3.17. The van der Waals surface area contributed by atoms with Crippen molar-refractivity contribution in [3.8, 4) is 0 Å². The van der Waals surface area contributed by atoms with E-state index in [-0.39, 0.29) is 12.3 Å². The average Bonchev–Trinajstić information content (AvgIpc) is 2.99. The van der Waals surface area contributed by atoms with Gasteiger partial charge in [-0.1, -0.05) is 12.1 Å². The Labute approximate surface area is 100 Å². The van der Waals surface area contributed by atoms with Gasteiger partial charge in [-0.15, -0.1) is 0 Å². The zero-order valence-electron chi connectivity index (χ0n) is 10.2. The Bertz CT molecular complexity index is 416. The van der Waals surface area contributed by atoms with Crippen molar-refractivity contribution >= 4 is 5.97 Å². The van der Waals surface area contributed by atoms with Gasteiger partial charge >= 0.3 is 5.97 Å². The van der Waals surface area contributed by atoms with Crippen LogP contribution >= 0.6 is 0 Å². The third-order valence-electron chi connectivity index (χ3n) is 2.20. The minimum atomic E-state index is -0.476. The van der Waals surface area contributed by atoms with E-state index in [2.05, 4.69) is 9.78 Å². The molecule has 0 spiro atoms. The molecule has 0 amide bonds. The fourth-order valence-electron chi connectivity index (χ4n) is 1.46. The number of carbonyl (C=O) groups excluding carboxylic acids is 1. The Morgan fingerprint density at radius 3 is 2.65 bits per heavy atom. The van der Waals surface area contributed by atoms with Gasteiger partial charge in [0.1, 0.15) is 5.60 Å². The Balaban J connectivity index is 2.06. The summed E-state index contributed by atoms with van der Waals surface area (Å²) < 4.78 is 5.30. The molecule has 1 fully saturated rings. The summed E-state index contributed by atoms with van der Waals surface area (Å²) in [6, 6.07) is 7.31. The lowest BCUT2D eigenvalue weighted by atomic mass is 10.1. The van der Waals surface area contributed by atoms with E-state index < -0.39 is 5.60 Å². The molecule has 2 rings (SSSR count). The van der Waals surface area contributed by atoms with Gasteiger partial charge in [-0.3, -0.25) is 0 Å². The predicted molar refractivity (Wildman–Crippen MR) is 61.3 cm³/mol. The summed E-state index contributed by atoms with van der Waals surface area (Å²) in [7, 11) is 0. The standard InChI is InChI=1S/C13H16O4/c1-13(2,3)15-12(14)10-6-4-5-9(7-10)8-11-16-17-11/h4-7,11H,8H2,1-3H3. The number of ether oxygens (including phenoxy) is 1. The second kappa shape index (κ2) is 4.47. The molecule has 4 nitrogen and oxygen atoms in total. The monoisotopic (exact) mass is 236 g/mol. The van der Waals surface area contributed by atoms with Crippen molar-refractivity contribution in [2.24, 2.45) is 0 Å². The fourth-order valence-corrected chi connectivity index (χ4v) is 1.46. The summed E-state index contributed by atoms with van der Waals surface area (Å²) in [4.78, 5) is 21.2. The molecule has 1 saturated heterocycles. The first kappa shape index (κ1) is 12.1. The lowest BCUT2D eigenvalue weighted by molar-refractivity contribution is 0.00694. The highest BCUT2D eigenvalue weighted by atomic mass is 17.4. The third-order valence-corrected chi connectivity index (χ3v) is 2.20. The molecule has 1 aromatic rings. The first-order chi connectivity index (χ1) is 7.94. The van der Waals surface area contributed by atoms with E-state index in [0.717, 1.165) is 5.56 Å². The zero-order chi connectivity index (χ0) is 12.5. The summed E-state index contributed by atoms with van der Waals surface area (Å²) in [5, 5.41) is 0. The van der Waals surface area contributed by atoms with E-state index in [1.807, 2.05) is 32.9 Å². The van der Waals surface area contributed by atoms with Gasteiger partial charge in [0.25, 0.3) is 0 Å². The molecular weight excluding hydrogens is 220 g/mol. The molecule has 0 bridgehead atoms. The van der Waals surface area contributed by atoms with Crippen molar-refractivity contribution in [3.05, 3.63) is 35.4 Å². The number of benzene rings is 1. The normalized spacial score (nSPS) is 15.7. The summed E-state index contributed by atoms with van der Waals surface area (Å²) in [6.45, 7) is 5.54. The zero-order valence-corrected chi connectivity index (χ0v) is 10.2. The van der Waals surface area contributed by atoms with E-state index in [4.69, 9.17) is 4.74 Å². The van der Waals surface area contributed by atoms with Gasteiger partial charge in [0, 0.05) is 6.42 Å². The lowest BCUT2D eigenvalue weighted by Gasteiger charge is -2.19. The molecule has 0 unspecified atom stereocenters. The molecule has 0 N–H and O–H groups in total. The fraction of sp³-hybridized carbons (Fsp3) is 0.462. The smallest absolute Gasteiger partial charge is 0.338 e. The number of hydrogen-bond donors (Lipinski definition) is 0. The van der Waals surface area contributed by atoms with Gasteiger partial charge in [0.2, 0.25) is 6.29 Å². The van der Waals surface area contributed by atoms with Crippen LogP contribution < -0.4 is 0 Å². The highest BCUT2D eigenvalue weighted by molar-refractivity contribution is 5.89. The molecule has 4 heteroatoms. The molecule has 1 aliphatic heterocycles. The van der Waals surface area contributed by atoms with Crippen LogP contribution in [-0.4, -0.2) is 17.9 Å². The second-order valence-electron chi connectivity index (χ2n) is 5.03. The predicted octanol–water partition coefficient (Wildman–Crippen LogP) is 2.47. The van der Waals surface area contributed by atoms with Crippen molar-refractivity contribution in [3.63, 3.8) is 0 Å². The van der Waals surface area contributed by atoms with Crippen LogP contribution in [0.1, 0.15) is 36.7 Å². The molecule has 1 heterocycles. The Morgan fingerprint density at radius 2 is 2.06 bits per heavy atom. The van der Waals surface area contributed by atoms with E-state index in [9.17, 15) is 4.79 Å². The Morgan fingerprint density at radius 1 is 1.35 bits per heavy atom. The van der Waals surface area contributed by atoms with Crippen molar-refractivity contribution < 1.29 is 19.3 Å². The van der Waals surface area contributed by atoms with Gasteiger partial charge in [0.05, 0.1) is 5.56 Å². The van der Waals surface area contributed by atoms with Crippen LogP contribution in [0.15, 0.2) is 24.3 Å². The summed E-state index contributed by atoms with van der Waals surface area (Å²) in [6.07, 6.45) is 0.486. The van der Waals surface area contributed by atoms with Crippen LogP contribution in [0, 0.1) is 0 Å². The van der Waals surface area contributed by atoms with E-state index >= 15 is 0 Å². The molecule has 17 heavy (non-hydrogen) atoms. The molecule has 0 atom stereocenters. The van der Waals surface area contributed by atoms with Gasteiger partial charge in [0.15, 0.2) is 0 Å². The van der Waals surface area contributed by atoms with Crippen LogP contribution in [0.5, 0.6) is 0 Å². The van der Waals surface area contributed by atoms with E-state index in [0.29, 0.717) is 12.0 Å². The van der Waals surface area contributed by atoms with Crippen LogP contribution in [0.2, 0.25) is 0 Å². The first-order valence-electron chi connectivity index (χ1n) is 5.58. The highest BCUT2D eigenvalue weighted by Gasteiger charge is 2.26. The molecule has 0 saturated carbocycles. The largest absolute Gasteiger partial charge is 0.456 e. The maximum Gasteiger partial charge on any atom is 0.338 e. The van der Waals surface area contributed by atoms with Crippen LogP contribution in [-0.2, 0) is 20.9 Å². The first-order valence-corrected chi connectivity index (χ1v) is 5.58. The molecule has 92 valence electrons. The maximum atomic E-state index is 11.8. The SMILES string of the molecule is CC(C)(C)OC(=O)c1cccc(CC2OO2)c1. The molecular formula is C13H16O4. The molecule has 1 aromatic carbocycles. The lowest BCUT2D eigenvalue weighted by Crippen LogP contribution is -2.23. The van der Waals surface area contributed by atoms with Gasteiger partial charge in [-0.2, -0.15) is 9.78 Å². The average molecular weight is 236 g/mol. The van der Waals surface area contributed by atoms with E-state index in [1.165, 1.54) is 0 Å². The van der Waals surface area contributed by atoms with Crippen LogP contribution in [0.3, 0.4) is 0 Å². The van der Waals surface area contributed by atoms with Gasteiger partial charge < -0.3 is 4.74 Å². The summed E-state index contributed by atoms with van der Waals surface area (Å²) in [5.74, 6) is -0.308. The van der Waals surface area contributed by atoms with Crippen LogP contribution in [0.4, 0.5) is 0 Å². The molecule has 0 aliphatic carbocycles. The van der Waals surface area contributed by atoms with Crippen LogP contribution in [0.25, 0.3) is 0 Å². The number of hydrogen-bond acceptors (Lipinski definition) is 4. The van der Waals surface area contributed by atoms with Crippen molar-refractivity contribution in [1.82, 2.24) is 0 Å². The quantitative estimate of drug-likeness (QED) is 0.459. The molecule has 0 aromatic heterocycles. The number of esters is 1. The topological polar surface area (TPSA) is 51.4 Å². The maximum absolute atomic E-state index is 11.8. The second-order valence-corrected chi connectivity index (χ2v) is 5.03. The van der Waals surface area contributed by atoms with E-state index in [1.54, 1.807) is 12.1 Å². The van der Waals surface area contributed by atoms with Gasteiger partial charge in [-0.25, -0.2) is 4.79 Å². The highest BCUT2D eigenvalue weighted by Crippen LogP contribution is 2.19. The van der Waals surface area contributed by atoms with Gasteiger partial charge in [-0.05, 0) is 38.5 Å². The number of rotatable bonds is 3. The van der Waals surface area contributed by atoms with Crippen molar-refractivity contribution in [2.75, 3.05) is 0 Å². The number of carbonyl (C=O) groups is 1. The third kappa shape index (κ3) is 3.84. The van der Waals surface area contributed by atoms with Crippen molar-refractivity contribution in [1.29, 1.82) is 0 Å². The Hall–Kier alpha value is -1.39. The van der Waals surface area contributed by atoms with Crippen molar-refractivity contribution in [2.45, 2.75) is 39.1 Å².